The minimum absolute atomic E-state index is 0.234. The van der Waals surface area contributed by atoms with Gasteiger partial charge in [-0.2, -0.15) is 12.6 Å². The molecule has 1 rings (SSSR count). The Labute approximate surface area is 63.8 Å². The number of aliphatic hydroxyl groups excluding tert-OH is 3. The Kier molecular flexibility index (Phi) is 2.54. The Balaban J connectivity index is 2.53. The van der Waals surface area contributed by atoms with Crippen LogP contribution in [0, 0.1) is 0 Å². The lowest BCUT2D eigenvalue weighted by molar-refractivity contribution is -0.132. The van der Waals surface area contributed by atoms with Crippen molar-refractivity contribution in [3.63, 3.8) is 0 Å². The summed E-state index contributed by atoms with van der Waals surface area (Å²) >= 11 is 3.93. The van der Waals surface area contributed by atoms with Crippen LogP contribution in [0.5, 0.6) is 0 Å². The molecule has 1 saturated heterocycles. The van der Waals surface area contributed by atoms with E-state index in [1.165, 1.54) is 0 Å². The first-order valence-electron chi connectivity index (χ1n) is 2.97. The molecule has 0 aromatic heterocycles. The average molecular weight is 166 g/mol. The summed E-state index contributed by atoms with van der Waals surface area (Å²) in [7, 11) is 0. The summed E-state index contributed by atoms with van der Waals surface area (Å²) in [5.41, 5.74) is 0. The zero-order chi connectivity index (χ0) is 7.72. The Hall–Kier alpha value is 0.190. The largest absolute Gasteiger partial charge is 0.394 e. The van der Waals surface area contributed by atoms with Gasteiger partial charge < -0.3 is 20.1 Å². The third-order valence-electron chi connectivity index (χ3n) is 1.52. The Morgan fingerprint density at radius 3 is 2.20 bits per heavy atom. The molecule has 1 aliphatic rings. The maximum atomic E-state index is 9.01. The highest BCUT2D eigenvalue weighted by Crippen LogP contribution is 2.23. The molecule has 0 amide bonds. The van der Waals surface area contributed by atoms with Gasteiger partial charge in [0.25, 0.3) is 0 Å². The topological polar surface area (TPSA) is 69.9 Å². The molecule has 0 radical (unpaired) electrons. The normalized spacial score (nSPS) is 48.0. The molecule has 0 spiro atoms. The molecule has 0 aromatic carbocycles. The lowest BCUT2D eigenvalue weighted by Crippen LogP contribution is -2.29. The van der Waals surface area contributed by atoms with Crippen molar-refractivity contribution >= 4 is 12.6 Å². The molecule has 5 heteroatoms. The first kappa shape index (κ1) is 8.29. The standard InChI is InChI=1S/C5H10O4S/c6-1-2-4(10)3(7)5(8)9-2/h2-8,10H,1H2. The molecule has 1 fully saturated rings. The van der Waals surface area contributed by atoms with E-state index in [0.717, 1.165) is 0 Å². The van der Waals surface area contributed by atoms with Gasteiger partial charge in [-0.3, -0.25) is 0 Å². The molecule has 60 valence electrons. The first-order chi connectivity index (χ1) is 4.66. The average Bonchev–Trinajstić information content (AvgIpc) is 2.17. The molecular weight excluding hydrogens is 156 g/mol. The zero-order valence-electron chi connectivity index (χ0n) is 5.21. The first-order valence-corrected chi connectivity index (χ1v) is 3.49. The molecule has 4 atom stereocenters. The summed E-state index contributed by atoms with van der Waals surface area (Å²) in [5.74, 6) is 0. The Morgan fingerprint density at radius 2 is 2.00 bits per heavy atom. The third-order valence-corrected chi connectivity index (χ3v) is 2.16. The van der Waals surface area contributed by atoms with Crippen LogP contribution < -0.4 is 0 Å². The molecule has 0 aliphatic carbocycles. The van der Waals surface area contributed by atoms with E-state index in [1.807, 2.05) is 0 Å². The molecule has 3 N–H and O–H groups in total. The number of hydrogen-bond donors (Lipinski definition) is 4. The number of hydrogen-bond acceptors (Lipinski definition) is 5. The zero-order valence-corrected chi connectivity index (χ0v) is 6.11. The highest BCUT2D eigenvalue weighted by Gasteiger charge is 2.39. The van der Waals surface area contributed by atoms with Gasteiger partial charge in [0.1, 0.15) is 6.10 Å². The fourth-order valence-corrected chi connectivity index (χ4v) is 1.19. The Bertz CT molecular complexity index is 120. The maximum absolute atomic E-state index is 9.01. The van der Waals surface area contributed by atoms with Gasteiger partial charge in [0.2, 0.25) is 0 Å². The van der Waals surface area contributed by atoms with Crippen molar-refractivity contribution in [2.45, 2.75) is 23.7 Å². The molecule has 4 unspecified atom stereocenters. The van der Waals surface area contributed by atoms with E-state index in [1.54, 1.807) is 0 Å². The van der Waals surface area contributed by atoms with Crippen molar-refractivity contribution in [1.29, 1.82) is 0 Å². The van der Waals surface area contributed by atoms with Gasteiger partial charge >= 0.3 is 0 Å². The van der Waals surface area contributed by atoms with Crippen molar-refractivity contribution in [2.75, 3.05) is 6.61 Å². The summed E-state index contributed by atoms with van der Waals surface area (Å²) in [6.07, 6.45) is -2.77. The molecule has 0 bridgehead atoms. The van der Waals surface area contributed by atoms with Crippen molar-refractivity contribution < 1.29 is 20.1 Å². The summed E-state index contributed by atoms with van der Waals surface area (Å²) in [6, 6.07) is 0. The lowest BCUT2D eigenvalue weighted by atomic mass is 10.2. The number of thiol groups is 1. The monoisotopic (exact) mass is 166 g/mol. The van der Waals surface area contributed by atoms with Crippen LogP contribution in [0.4, 0.5) is 0 Å². The minimum atomic E-state index is -1.21. The quantitative estimate of drug-likeness (QED) is 0.352. The second kappa shape index (κ2) is 3.06. The van der Waals surface area contributed by atoms with E-state index in [4.69, 9.17) is 20.1 Å². The van der Waals surface area contributed by atoms with Crippen LogP contribution in [0.2, 0.25) is 0 Å². The van der Waals surface area contributed by atoms with Crippen LogP contribution in [-0.4, -0.2) is 45.7 Å². The SMILES string of the molecule is OCC1OC(O)C(O)C1S. The summed E-state index contributed by atoms with van der Waals surface area (Å²) in [4.78, 5) is 0. The minimum Gasteiger partial charge on any atom is -0.394 e. The molecule has 4 nitrogen and oxygen atoms in total. The fraction of sp³-hybridized carbons (Fsp3) is 1.00. The number of ether oxygens (including phenoxy) is 1. The predicted octanol–water partition coefficient (Wildman–Crippen LogP) is -1.64. The van der Waals surface area contributed by atoms with Crippen LogP contribution in [0.1, 0.15) is 0 Å². The van der Waals surface area contributed by atoms with Gasteiger partial charge in [-0.1, -0.05) is 0 Å². The smallest absolute Gasteiger partial charge is 0.182 e. The van der Waals surface area contributed by atoms with Gasteiger partial charge in [-0.15, -0.1) is 0 Å². The molecule has 1 aliphatic heterocycles. The predicted molar refractivity (Wildman–Crippen MR) is 36.7 cm³/mol. The molecular formula is C5H10O4S. The van der Waals surface area contributed by atoms with E-state index in [9.17, 15) is 0 Å². The summed E-state index contributed by atoms with van der Waals surface area (Å²) in [5, 5.41) is 25.9. The van der Waals surface area contributed by atoms with Gasteiger partial charge in [0.05, 0.1) is 18.0 Å². The molecule has 1 heterocycles. The van der Waals surface area contributed by atoms with Gasteiger partial charge in [0.15, 0.2) is 6.29 Å². The number of rotatable bonds is 1. The highest BCUT2D eigenvalue weighted by atomic mass is 32.1. The van der Waals surface area contributed by atoms with Crippen LogP contribution in [-0.2, 0) is 4.74 Å². The van der Waals surface area contributed by atoms with Crippen LogP contribution in [0.15, 0.2) is 0 Å². The second-order valence-corrected chi connectivity index (χ2v) is 2.83. The van der Waals surface area contributed by atoms with E-state index >= 15 is 0 Å². The molecule has 0 aromatic rings. The summed E-state index contributed by atoms with van der Waals surface area (Å²) < 4.78 is 4.71. The maximum Gasteiger partial charge on any atom is 0.182 e. The van der Waals surface area contributed by atoms with E-state index in [2.05, 4.69) is 12.6 Å². The Morgan fingerprint density at radius 1 is 1.40 bits per heavy atom. The van der Waals surface area contributed by atoms with E-state index < -0.39 is 23.7 Å². The van der Waals surface area contributed by atoms with Crippen molar-refractivity contribution in [2.24, 2.45) is 0 Å². The van der Waals surface area contributed by atoms with E-state index in [-0.39, 0.29) is 6.61 Å². The van der Waals surface area contributed by atoms with Crippen molar-refractivity contribution in [3.05, 3.63) is 0 Å². The molecule has 0 saturated carbocycles. The second-order valence-electron chi connectivity index (χ2n) is 2.23. The van der Waals surface area contributed by atoms with Crippen LogP contribution in [0.3, 0.4) is 0 Å². The van der Waals surface area contributed by atoms with Gasteiger partial charge in [-0.05, 0) is 0 Å². The van der Waals surface area contributed by atoms with Crippen LogP contribution >= 0.6 is 12.6 Å². The van der Waals surface area contributed by atoms with Crippen molar-refractivity contribution in [3.8, 4) is 0 Å². The third kappa shape index (κ3) is 1.28. The fourth-order valence-electron chi connectivity index (χ4n) is 0.880. The van der Waals surface area contributed by atoms with Gasteiger partial charge in [0, 0.05) is 0 Å². The highest BCUT2D eigenvalue weighted by molar-refractivity contribution is 7.81. The lowest BCUT2D eigenvalue weighted by Gasteiger charge is -2.09. The summed E-state index contributed by atoms with van der Waals surface area (Å²) in [6.45, 7) is -0.234. The number of aliphatic hydroxyl groups is 3. The van der Waals surface area contributed by atoms with E-state index in [0.29, 0.717) is 0 Å². The molecule has 10 heavy (non-hydrogen) atoms. The van der Waals surface area contributed by atoms with Crippen LogP contribution in [0.25, 0.3) is 0 Å². The van der Waals surface area contributed by atoms with Crippen molar-refractivity contribution in [1.82, 2.24) is 0 Å². The van der Waals surface area contributed by atoms with Gasteiger partial charge in [-0.25, -0.2) is 0 Å².